The SMILES string of the molecule is CN(C1CCOC(=O)CC1)[Si](C)(C)C. The first-order valence-electron chi connectivity index (χ1n) is 5.30. The van der Waals surface area contributed by atoms with E-state index in [1.807, 2.05) is 0 Å². The molecular weight excluding hydrogens is 194 g/mol. The van der Waals surface area contributed by atoms with Crippen molar-refractivity contribution in [1.82, 2.24) is 4.57 Å². The molecule has 0 radical (unpaired) electrons. The maximum atomic E-state index is 11.1. The first-order valence-corrected chi connectivity index (χ1v) is 8.74. The van der Waals surface area contributed by atoms with E-state index in [0.717, 1.165) is 12.8 Å². The van der Waals surface area contributed by atoms with E-state index in [4.69, 9.17) is 4.74 Å². The van der Waals surface area contributed by atoms with Gasteiger partial charge in [-0.1, -0.05) is 19.6 Å². The van der Waals surface area contributed by atoms with Gasteiger partial charge < -0.3 is 9.30 Å². The molecule has 0 aromatic carbocycles. The minimum atomic E-state index is -1.23. The Bertz CT molecular complexity index is 213. The summed E-state index contributed by atoms with van der Waals surface area (Å²) in [6, 6.07) is 0.535. The van der Waals surface area contributed by atoms with Gasteiger partial charge >= 0.3 is 5.97 Å². The number of cyclic esters (lactones) is 1. The highest BCUT2D eigenvalue weighted by molar-refractivity contribution is 6.73. The third-order valence-electron chi connectivity index (χ3n) is 3.00. The van der Waals surface area contributed by atoms with Crippen LogP contribution in [-0.4, -0.2) is 38.5 Å². The molecule has 1 heterocycles. The van der Waals surface area contributed by atoms with Gasteiger partial charge in [0.25, 0.3) is 0 Å². The van der Waals surface area contributed by atoms with Crippen LogP contribution < -0.4 is 0 Å². The summed E-state index contributed by atoms with van der Waals surface area (Å²) in [5.74, 6) is -0.0310. The highest BCUT2D eigenvalue weighted by Gasteiger charge is 2.28. The Morgan fingerprint density at radius 1 is 1.36 bits per heavy atom. The minimum absolute atomic E-state index is 0.0310. The molecule has 82 valence electrons. The topological polar surface area (TPSA) is 29.5 Å². The van der Waals surface area contributed by atoms with Gasteiger partial charge in [0.1, 0.15) is 8.24 Å². The van der Waals surface area contributed by atoms with Crippen molar-refractivity contribution in [2.45, 2.75) is 44.9 Å². The number of ether oxygens (including phenoxy) is 1. The van der Waals surface area contributed by atoms with Crippen LogP contribution in [0.15, 0.2) is 0 Å². The van der Waals surface area contributed by atoms with Crippen molar-refractivity contribution in [1.29, 1.82) is 0 Å². The fraction of sp³-hybridized carbons (Fsp3) is 0.900. The van der Waals surface area contributed by atoms with E-state index in [9.17, 15) is 4.79 Å². The van der Waals surface area contributed by atoms with E-state index in [1.165, 1.54) is 0 Å². The van der Waals surface area contributed by atoms with Gasteiger partial charge in [-0.05, 0) is 19.9 Å². The van der Waals surface area contributed by atoms with Crippen molar-refractivity contribution in [3.8, 4) is 0 Å². The van der Waals surface area contributed by atoms with Crippen LogP contribution in [0.25, 0.3) is 0 Å². The molecule has 0 amide bonds. The van der Waals surface area contributed by atoms with Crippen LogP contribution in [0.3, 0.4) is 0 Å². The lowest BCUT2D eigenvalue weighted by Crippen LogP contribution is -2.49. The molecule has 4 heteroatoms. The zero-order valence-electron chi connectivity index (χ0n) is 9.67. The molecule has 1 atom stereocenters. The van der Waals surface area contributed by atoms with Gasteiger partial charge in [0.15, 0.2) is 0 Å². The Hall–Kier alpha value is -0.353. The lowest BCUT2D eigenvalue weighted by Gasteiger charge is -2.36. The minimum Gasteiger partial charge on any atom is -0.466 e. The molecule has 1 rings (SSSR count). The molecule has 0 bridgehead atoms. The van der Waals surface area contributed by atoms with Gasteiger partial charge in [-0.15, -0.1) is 0 Å². The third kappa shape index (κ3) is 3.10. The number of nitrogens with zero attached hydrogens (tertiary/aromatic N) is 1. The summed E-state index contributed by atoms with van der Waals surface area (Å²) in [5, 5.41) is 0. The average molecular weight is 215 g/mol. The van der Waals surface area contributed by atoms with E-state index >= 15 is 0 Å². The summed E-state index contributed by atoms with van der Waals surface area (Å²) in [5.41, 5.74) is 0. The van der Waals surface area contributed by atoms with Gasteiger partial charge in [0.2, 0.25) is 0 Å². The molecule has 1 unspecified atom stereocenters. The molecule has 0 aromatic rings. The second kappa shape index (κ2) is 4.44. The van der Waals surface area contributed by atoms with Gasteiger partial charge in [-0.25, -0.2) is 0 Å². The fourth-order valence-electron chi connectivity index (χ4n) is 1.74. The second-order valence-electron chi connectivity index (χ2n) is 4.98. The average Bonchev–Trinajstić information content (AvgIpc) is 2.27. The summed E-state index contributed by atoms with van der Waals surface area (Å²) in [6.45, 7) is 7.60. The zero-order chi connectivity index (χ0) is 10.8. The summed E-state index contributed by atoms with van der Waals surface area (Å²) in [6.07, 6.45) is 2.53. The van der Waals surface area contributed by atoms with Gasteiger partial charge in [0, 0.05) is 12.5 Å². The van der Waals surface area contributed by atoms with Crippen molar-refractivity contribution >= 4 is 14.2 Å². The Morgan fingerprint density at radius 3 is 2.57 bits per heavy atom. The number of rotatable bonds is 2. The smallest absolute Gasteiger partial charge is 0.305 e. The molecule has 0 saturated carbocycles. The summed E-state index contributed by atoms with van der Waals surface area (Å²) < 4.78 is 7.53. The number of hydrogen-bond donors (Lipinski definition) is 0. The van der Waals surface area contributed by atoms with Crippen molar-refractivity contribution in [3.05, 3.63) is 0 Å². The molecule has 1 aliphatic heterocycles. The maximum absolute atomic E-state index is 11.1. The molecule has 14 heavy (non-hydrogen) atoms. The van der Waals surface area contributed by atoms with Crippen LogP contribution >= 0.6 is 0 Å². The van der Waals surface area contributed by atoms with E-state index in [1.54, 1.807) is 0 Å². The van der Waals surface area contributed by atoms with Crippen molar-refractivity contribution < 1.29 is 9.53 Å². The van der Waals surface area contributed by atoms with Crippen LogP contribution in [0.5, 0.6) is 0 Å². The van der Waals surface area contributed by atoms with Crippen molar-refractivity contribution in [3.63, 3.8) is 0 Å². The van der Waals surface area contributed by atoms with Gasteiger partial charge in [-0.3, -0.25) is 4.79 Å². The molecule has 1 aliphatic rings. The molecule has 0 N–H and O–H groups in total. The maximum Gasteiger partial charge on any atom is 0.305 e. The summed E-state index contributed by atoms with van der Waals surface area (Å²) >= 11 is 0. The molecule has 1 fully saturated rings. The quantitative estimate of drug-likeness (QED) is 0.520. The molecule has 0 aliphatic carbocycles. The first kappa shape index (κ1) is 11.7. The van der Waals surface area contributed by atoms with E-state index < -0.39 is 8.24 Å². The number of carbonyl (C=O) groups excluding carboxylic acids is 1. The number of hydrogen-bond acceptors (Lipinski definition) is 3. The molecular formula is C10H21NO2Si. The Kier molecular flexibility index (Phi) is 3.72. The molecule has 0 spiro atoms. The van der Waals surface area contributed by atoms with Crippen LogP contribution in [0.4, 0.5) is 0 Å². The zero-order valence-corrected chi connectivity index (χ0v) is 10.7. The lowest BCUT2D eigenvalue weighted by molar-refractivity contribution is -0.142. The van der Waals surface area contributed by atoms with Crippen LogP contribution in [-0.2, 0) is 9.53 Å². The summed E-state index contributed by atoms with van der Waals surface area (Å²) in [4.78, 5) is 11.1. The van der Waals surface area contributed by atoms with Crippen molar-refractivity contribution in [2.75, 3.05) is 13.7 Å². The van der Waals surface area contributed by atoms with E-state index in [2.05, 4.69) is 31.3 Å². The van der Waals surface area contributed by atoms with E-state index in [0.29, 0.717) is 19.1 Å². The van der Waals surface area contributed by atoms with Gasteiger partial charge in [-0.2, -0.15) is 0 Å². The van der Waals surface area contributed by atoms with Crippen LogP contribution in [0.1, 0.15) is 19.3 Å². The lowest BCUT2D eigenvalue weighted by atomic mass is 10.1. The molecule has 3 nitrogen and oxygen atoms in total. The fourth-order valence-corrected chi connectivity index (χ4v) is 3.10. The highest BCUT2D eigenvalue weighted by atomic mass is 28.3. The predicted octanol–water partition coefficient (Wildman–Crippen LogP) is 1.85. The largest absolute Gasteiger partial charge is 0.466 e. The van der Waals surface area contributed by atoms with Crippen LogP contribution in [0, 0.1) is 0 Å². The molecule has 1 saturated heterocycles. The number of carbonyl (C=O) groups is 1. The summed E-state index contributed by atoms with van der Waals surface area (Å²) in [7, 11) is 0.961. The van der Waals surface area contributed by atoms with Crippen LogP contribution in [0.2, 0.25) is 19.6 Å². The first-order chi connectivity index (χ1) is 6.41. The third-order valence-corrected chi connectivity index (χ3v) is 5.48. The Morgan fingerprint density at radius 2 is 2.00 bits per heavy atom. The molecule has 0 aromatic heterocycles. The standard InChI is InChI=1S/C10H21NO2Si/c1-11(14(2,3)4)9-5-6-10(12)13-8-7-9/h9H,5-8H2,1-4H3. The Balaban J connectivity index is 2.55. The predicted molar refractivity (Wildman–Crippen MR) is 59.7 cm³/mol. The van der Waals surface area contributed by atoms with Crippen molar-refractivity contribution in [2.24, 2.45) is 0 Å². The Labute approximate surface area is 87.5 Å². The van der Waals surface area contributed by atoms with E-state index in [-0.39, 0.29) is 5.97 Å². The highest BCUT2D eigenvalue weighted by Crippen LogP contribution is 2.20. The normalized spacial score (nSPS) is 24.6. The second-order valence-corrected chi connectivity index (χ2v) is 10.0. The monoisotopic (exact) mass is 215 g/mol. The van der Waals surface area contributed by atoms with Gasteiger partial charge in [0.05, 0.1) is 6.61 Å². The number of esters is 1.